The molecule has 1 aliphatic carbocycles. The van der Waals surface area contributed by atoms with Crippen LogP contribution in [0.2, 0.25) is 0 Å². The van der Waals surface area contributed by atoms with Crippen LogP contribution in [0, 0.1) is 38.0 Å². The standard InChI is InChI=1S/C23H20N4O7/c1-14-6-4-10-18-20(14)23(30)25(22(18)29)24(13-16-7-2-3-11-19(16)27(33)34)21(28)15-8-5-9-17(12-15)26(31)32/h2-9,11-12,14,18,20H,10,13H2,1H3/t14-,18+,20-/m1/s1. The summed E-state index contributed by atoms with van der Waals surface area (Å²) >= 11 is 0. The number of nitro benzene ring substituents is 2. The Balaban J connectivity index is 1.79. The lowest BCUT2D eigenvalue weighted by atomic mass is 9.78. The zero-order valence-corrected chi connectivity index (χ0v) is 18.1. The number of fused-ring (bicyclic) bond motifs is 1. The largest absolute Gasteiger partial charge is 0.274 e. The molecule has 11 nitrogen and oxygen atoms in total. The number of benzene rings is 2. The van der Waals surface area contributed by atoms with Gasteiger partial charge in [-0.25, -0.2) is 5.01 Å². The lowest BCUT2D eigenvalue weighted by molar-refractivity contribution is -0.385. The number of carbonyl (C=O) groups excluding carboxylic acids is 3. The second kappa shape index (κ2) is 8.85. The fraction of sp³-hybridized carbons (Fsp3) is 0.261. The van der Waals surface area contributed by atoms with Crippen molar-refractivity contribution in [1.29, 1.82) is 0 Å². The molecule has 0 spiro atoms. The minimum Gasteiger partial charge on any atom is -0.272 e. The van der Waals surface area contributed by atoms with Crippen molar-refractivity contribution in [3.05, 3.63) is 92.0 Å². The van der Waals surface area contributed by atoms with Gasteiger partial charge in [0.25, 0.3) is 29.1 Å². The number of hydrazine groups is 1. The van der Waals surface area contributed by atoms with Crippen LogP contribution in [-0.4, -0.2) is 37.6 Å². The molecular weight excluding hydrogens is 444 g/mol. The summed E-state index contributed by atoms with van der Waals surface area (Å²) in [5.41, 5.74) is -0.657. The van der Waals surface area contributed by atoms with Gasteiger partial charge < -0.3 is 0 Å². The van der Waals surface area contributed by atoms with E-state index in [1.54, 1.807) is 6.92 Å². The van der Waals surface area contributed by atoms with Gasteiger partial charge in [-0.2, -0.15) is 5.01 Å². The van der Waals surface area contributed by atoms with Gasteiger partial charge in [-0.3, -0.25) is 34.6 Å². The molecule has 1 saturated heterocycles. The lowest BCUT2D eigenvalue weighted by Gasteiger charge is -2.30. The van der Waals surface area contributed by atoms with E-state index >= 15 is 0 Å². The van der Waals surface area contributed by atoms with Gasteiger partial charge in [0.15, 0.2) is 0 Å². The smallest absolute Gasteiger partial charge is 0.272 e. The number of carbonyl (C=O) groups is 3. The molecule has 174 valence electrons. The van der Waals surface area contributed by atoms with E-state index < -0.39 is 45.9 Å². The van der Waals surface area contributed by atoms with Crippen molar-refractivity contribution < 1.29 is 24.2 Å². The second-order valence-corrected chi connectivity index (χ2v) is 8.20. The van der Waals surface area contributed by atoms with Crippen molar-refractivity contribution in [2.45, 2.75) is 19.9 Å². The highest BCUT2D eigenvalue weighted by molar-refractivity contribution is 6.08. The number of hydrogen-bond donors (Lipinski definition) is 0. The summed E-state index contributed by atoms with van der Waals surface area (Å²) in [6.07, 6.45) is 3.99. The molecule has 3 atom stereocenters. The van der Waals surface area contributed by atoms with Crippen molar-refractivity contribution >= 4 is 29.1 Å². The van der Waals surface area contributed by atoms with E-state index in [2.05, 4.69) is 0 Å². The number of para-hydroxylation sites is 1. The number of imide groups is 1. The molecule has 2 aromatic carbocycles. The fourth-order valence-corrected chi connectivity index (χ4v) is 4.49. The van der Waals surface area contributed by atoms with Crippen LogP contribution >= 0.6 is 0 Å². The van der Waals surface area contributed by atoms with Gasteiger partial charge in [-0.1, -0.05) is 43.3 Å². The van der Waals surface area contributed by atoms with Crippen LogP contribution in [0.5, 0.6) is 0 Å². The van der Waals surface area contributed by atoms with Crippen molar-refractivity contribution in [3.8, 4) is 0 Å². The maximum absolute atomic E-state index is 13.5. The number of hydrogen-bond acceptors (Lipinski definition) is 7. The molecule has 3 amide bonds. The molecule has 0 N–H and O–H groups in total. The molecule has 1 fully saturated rings. The average Bonchev–Trinajstić information content (AvgIpc) is 3.08. The summed E-state index contributed by atoms with van der Waals surface area (Å²) in [5, 5.41) is 24.4. The van der Waals surface area contributed by atoms with E-state index in [1.165, 1.54) is 42.5 Å². The molecule has 34 heavy (non-hydrogen) atoms. The van der Waals surface area contributed by atoms with Crippen molar-refractivity contribution in [3.63, 3.8) is 0 Å². The number of allylic oxidation sites excluding steroid dienone is 2. The first-order valence-corrected chi connectivity index (χ1v) is 10.5. The molecule has 0 bridgehead atoms. The number of non-ortho nitro benzene ring substituents is 1. The van der Waals surface area contributed by atoms with E-state index in [0.29, 0.717) is 6.42 Å². The highest BCUT2D eigenvalue weighted by Gasteiger charge is 2.53. The molecular formula is C23H20N4O7. The van der Waals surface area contributed by atoms with Crippen LogP contribution in [-0.2, 0) is 16.1 Å². The van der Waals surface area contributed by atoms with Gasteiger partial charge in [0.2, 0.25) is 0 Å². The molecule has 1 aliphatic heterocycles. The second-order valence-electron chi connectivity index (χ2n) is 8.20. The van der Waals surface area contributed by atoms with Gasteiger partial charge in [0.05, 0.1) is 33.8 Å². The summed E-state index contributed by atoms with van der Waals surface area (Å²) in [6, 6.07) is 10.6. The van der Waals surface area contributed by atoms with E-state index in [-0.39, 0.29) is 28.4 Å². The molecule has 0 unspecified atom stereocenters. The van der Waals surface area contributed by atoms with E-state index in [9.17, 15) is 34.6 Å². The summed E-state index contributed by atoms with van der Waals surface area (Å²) < 4.78 is 0. The highest BCUT2D eigenvalue weighted by atomic mass is 16.6. The van der Waals surface area contributed by atoms with E-state index in [4.69, 9.17) is 0 Å². The SMILES string of the molecule is C[C@@H]1C=CC[C@@H]2C(=O)N(N(Cc3ccccc3[N+](=O)[O-])C(=O)c3cccc([N+](=O)[O-])c3)C(=O)[C@H]12. The highest BCUT2D eigenvalue weighted by Crippen LogP contribution is 2.40. The Bertz CT molecular complexity index is 1240. The van der Waals surface area contributed by atoms with Crippen LogP contribution in [0.3, 0.4) is 0 Å². The summed E-state index contributed by atoms with van der Waals surface area (Å²) in [6.45, 7) is 1.36. The zero-order chi connectivity index (χ0) is 24.6. The van der Waals surface area contributed by atoms with Gasteiger partial charge in [0.1, 0.15) is 0 Å². The van der Waals surface area contributed by atoms with E-state index in [1.807, 2.05) is 12.2 Å². The normalized spacial score (nSPS) is 21.3. The van der Waals surface area contributed by atoms with Crippen molar-refractivity contribution in [2.24, 2.45) is 17.8 Å². The zero-order valence-electron chi connectivity index (χ0n) is 18.1. The Hall–Kier alpha value is -4.41. The van der Waals surface area contributed by atoms with E-state index in [0.717, 1.165) is 16.1 Å². The predicted octanol–water partition coefficient (Wildman–Crippen LogP) is 3.26. The van der Waals surface area contributed by atoms with Crippen molar-refractivity contribution in [1.82, 2.24) is 10.0 Å². The first-order valence-electron chi connectivity index (χ1n) is 10.5. The molecule has 2 aliphatic rings. The lowest BCUT2D eigenvalue weighted by Crippen LogP contribution is -2.50. The monoisotopic (exact) mass is 464 g/mol. The summed E-state index contributed by atoms with van der Waals surface area (Å²) in [7, 11) is 0. The first kappa shape index (κ1) is 22.8. The van der Waals surface area contributed by atoms with Crippen molar-refractivity contribution in [2.75, 3.05) is 0 Å². The van der Waals surface area contributed by atoms with Gasteiger partial charge in [-0.15, -0.1) is 0 Å². The number of rotatable bonds is 6. The molecule has 4 rings (SSSR count). The number of amides is 3. The van der Waals surface area contributed by atoms with Crippen LogP contribution in [0.15, 0.2) is 60.7 Å². The van der Waals surface area contributed by atoms with Crippen LogP contribution in [0.4, 0.5) is 11.4 Å². The Morgan fingerprint density at radius 1 is 1.06 bits per heavy atom. The van der Waals surface area contributed by atoms with Gasteiger partial charge in [-0.05, 0) is 18.4 Å². The average molecular weight is 464 g/mol. The molecule has 0 radical (unpaired) electrons. The fourth-order valence-electron chi connectivity index (χ4n) is 4.49. The third-order valence-corrected chi connectivity index (χ3v) is 6.14. The molecule has 0 aromatic heterocycles. The maximum atomic E-state index is 13.5. The van der Waals surface area contributed by atoms with Gasteiger partial charge in [0, 0.05) is 23.8 Å². The maximum Gasteiger partial charge on any atom is 0.274 e. The molecule has 2 aromatic rings. The third-order valence-electron chi connectivity index (χ3n) is 6.14. The predicted molar refractivity (Wildman–Crippen MR) is 118 cm³/mol. The first-order chi connectivity index (χ1) is 16.2. The Morgan fingerprint density at radius 2 is 1.79 bits per heavy atom. The molecule has 11 heteroatoms. The summed E-state index contributed by atoms with van der Waals surface area (Å²) in [5.74, 6) is -3.57. The molecule has 0 saturated carbocycles. The third kappa shape index (κ3) is 3.91. The number of nitrogens with zero attached hydrogens (tertiary/aromatic N) is 4. The Kier molecular flexibility index (Phi) is 5.93. The minimum absolute atomic E-state index is 0.105. The Labute approximate surface area is 193 Å². The summed E-state index contributed by atoms with van der Waals surface area (Å²) in [4.78, 5) is 61.6. The van der Waals surface area contributed by atoms with Gasteiger partial charge >= 0.3 is 0 Å². The quantitative estimate of drug-likeness (QED) is 0.276. The van der Waals surface area contributed by atoms with Crippen LogP contribution < -0.4 is 0 Å². The minimum atomic E-state index is -0.859. The topological polar surface area (TPSA) is 144 Å². The Morgan fingerprint density at radius 3 is 2.47 bits per heavy atom. The number of nitro groups is 2. The van der Waals surface area contributed by atoms with Crippen LogP contribution in [0.25, 0.3) is 0 Å². The van der Waals surface area contributed by atoms with Crippen LogP contribution in [0.1, 0.15) is 29.3 Å². The molecule has 1 heterocycles.